The molecular weight excluding hydrogens is 926 g/mol. The molecule has 330 valence electrons. The van der Waals surface area contributed by atoms with E-state index in [1.165, 1.54) is 54.6 Å². The number of halogens is 5. The van der Waals surface area contributed by atoms with Gasteiger partial charge in [0.05, 0.1) is 21.2 Å². The molecule has 64 heavy (non-hydrogen) atoms. The third-order valence-corrected chi connectivity index (χ3v) is 10.6. The molecule has 0 aromatic heterocycles. The maximum atomic E-state index is 13.4. The average Bonchev–Trinajstić information content (AvgIpc) is 3.25. The number of nitrogens with zero attached hydrogens (tertiary/aromatic N) is 4. The second kappa shape index (κ2) is 23.6. The topological polar surface area (TPSA) is 200 Å². The lowest BCUT2D eigenvalue weighted by atomic mass is 10.1. The molecule has 5 aromatic carbocycles. The Labute approximate surface area is 393 Å². The summed E-state index contributed by atoms with van der Waals surface area (Å²) in [5.41, 5.74) is 3.90. The van der Waals surface area contributed by atoms with E-state index in [4.69, 9.17) is 58.0 Å². The molecule has 5 rings (SSSR count). The van der Waals surface area contributed by atoms with E-state index in [-0.39, 0.29) is 49.8 Å². The first-order valence-corrected chi connectivity index (χ1v) is 21.7. The third kappa shape index (κ3) is 13.3. The number of ketones is 2. The van der Waals surface area contributed by atoms with Crippen LogP contribution in [0.2, 0.25) is 10.0 Å². The molecule has 19 heteroatoms. The number of amides is 4. The van der Waals surface area contributed by atoms with Gasteiger partial charge in [-0.25, -0.2) is 0 Å². The molecule has 2 atom stereocenters. The van der Waals surface area contributed by atoms with Crippen molar-refractivity contribution in [1.82, 2.24) is 0 Å². The van der Waals surface area contributed by atoms with Crippen molar-refractivity contribution in [2.75, 3.05) is 33.0 Å². The first-order valence-electron chi connectivity index (χ1n) is 19.4. The highest BCUT2D eigenvalue weighted by Crippen LogP contribution is 2.32. The summed E-state index contributed by atoms with van der Waals surface area (Å²) in [6, 6.07) is 24.4. The fraction of sp³-hybridized carbons (Fsp3) is 0.200. The van der Waals surface area contributed by atoms with Crippen LogP contribution in [0, 0.1) is 0 Å². The number of hydrogen-bond acceptors (Lipinski definition) is 10. The fourth-order valence-corrected chi connectivity index (χ4v) is 7.12. The molecule has 14 nitrogen and oxygen atoms in total. The summed E-state index contributed by atoms with van der Waals surface area (Å²) >= 11 is 31.0. The molecule has 2 unspecified atom stereocenters. The predicted molar refractivity (Wildman–Crippen MR) is 252 cm³/mol. The lowest BCUT2D eigenvalue weighted by Crippen LogP contribution is -2.32. The van der Waals surface area contributed by atoms with Gasteiger partial charge in [-0.15, -0.1) is 34.8 Å². The number of alkyl halides is 3. The van der Waals surface area contributed by atoms with Gasteiger partial charge in [-0.1, -0.05) is 59.6 Å². The number of azo groups is 2. The highest BCUT2D eigenvalue weighted by Gasteiger charge is 2.26. The van der Waals surface area contributed by atoms with E-state index in [0.717, 1.165) is 25.0 Å². The van der Waals surface area contributed by atoms with Crippen molar-refractivity contribution < 1.29 is 28.8 Å². The van der Waals surface area contributed by atoms with Crippen molar-refractivity contribution in [2.45, 2.75) is 44.7 Å². The van der Waals surface area contributed by atoms with Gasteiger partial charge in [0, 0.05) is 40.4 Å². The Bertz CT molecular complexity index is 2640. The average molecular weight is 965 g/mol. The van der Waals surface area contributed by atoms with Gasteiger partial charge in [0.1, 0.15) is 11.4 Å². The highest BCUT2D eigenvalue weighted by atomic mass is 35.5. The smallest absolute Gasteiger partial charge is 0.258 e. The Morgan fingerprint density at radius 2 is 0.969 bits per heavy atom. The molecule has 0 bridgehead atoms. The summed E-state index contributed by atoms with van der Waals surface area (Å²) in [5.74, 6) is -3.33. The van der Waals surface area contributed by atoms with Gasteiger partial charge in [-0.05, 0) is 110 Å². The highest BCUT2D eigenvalue weighted by molar-refractivity contribution is 6.37. The first kappa shape index (κ1) is 49.0. The maximum absolute atomic E-state index is 13.4. The van der Waals surface area contributed by atoms with E-state index in [1.54, 1.807) is 36.4 Å². The minimum absolute atomic E-state index is 0.0365. The molecule has 0 radical (unpaired) electrons. The van der Waals surface area contributed by atoms with Crippen molar-refractivity contribution in [1.29, 1.82) is 0 Å². The SMILES string of the molecule is CC(=O)C(N=Nc1cccc(C(=O)Nc2cccc(CCCl)c2)c1Cl)C(=O)Nc1ccc(NC(=O)C(N=Nc2cccc(C(=O)Nc3cccc(CCCl)c3)c2Cl)C(C)=O)c(CCl)c1. The van der Waals surface area contributed by atoms with Crippen LogP contribution >= 0.6 is 58.0 Å². The van der Waals surface area contributed by atoms with Gasteiger partial charge >= 0.3 is 0 Å². The largest absolute Gasteiger partial charge is 0.324 e. The summed E-state index contributed by atoms with van der Waals surface area (Å²) in [6.45, 7) is 2.31. The minimum Gasteiger partial charge on any atom is -0.324 e. The molecule has 4 N–H and O–H groups in total. The summed E-state index contributed by atoms with van der Waals surface area (Å²) in [7, 11) is 0. The molecule has 0 saturated carbocycles. The van der Waals surface area contributed by atoms with Crippen LogP contribution in [-0.4, -0.2) is 59.0 Å². The van der Waals surface area contributed by atoms with E-state index in [1.807, 2.05) is 12.1 Å². The van der Waals surface area contributed by atoms with Gasteiger partial charge in [0.15, 0.2) is 11.6 Å². The molecule has 0 aliphatic carbocycles. The number of carbonyl (C=O) groups excluding carboxylic acids is 6. The van der Waals surface area contributed by atoms with Crippen LogP contribution in [0.4, 0.5) is 34.1 Å². The quantitative estimate of drug-likeness (QED) is 0.0360. The van der Waals surface area contributed by atoms with Crippen LogP contribution in [0.25, 0.3) is 0 Å². The number of aryl methyl sites for hydroxylation is 2. The van der Waals surface area contributed by atoms with E-state index >= 15 is 0 Å². The van der Waals surface area contributed by atoms with E-state index < -0.39 is 47.3 Å². The summed E-state index contributed by atoms with van der Waals surface area (Å²) in [6.07, 6.45) is 1.24. The van der Waals surface area contributed by atoms with E-state index in [9.17, 15) is 28.8 Å². The number of nitrogens with one attached hydrogen (secondary N) is 4. The molecule has 0 fully saturated rings. The number of Topliss-reactive ketones (excluding diaryl/α,β-unsaturated/α-hetero) is 2. The summed E-state index contributed by atoms with van der Waals surface area (Å²) in [4.78, 5) is 78.2. The molecule has 4 amide bonds. The van der Waals surface area contributed by atoms with Crippen molar-refractivity contribution in [2.24, 2.45) is 20.5 Å². The molecule has 0 aliphatic rings. The van der Waals surface area contributed by atoms with Crippen LogP contribution in [0.15, 0.2) is 124 Å². The van der Waals surface area contributed by atoms with Crippen LogP contribution in [0.1, 0.15) is 51.3 Å². The fourth-order valence-electron chi connectivity index (χ4n) is 5.96. The Morgan fingerprint density at radius 3 is 1.41 bits per heavy atom. The summed E-state index contributed by atoms with van der Waals surface area (Å²) in [5, 5.41) is 26.7. The Balaban J connectivity index is 1.25. The van der Waals surface area contributed by atoms with Gasteiger partial charge in [-0.2, -0.15) is 20.5 Å². The lowest BCUT2D eigenvalue weighted by Gasteiger charge is -2.15. The van der Waals surface area contributed by atoms with E-state index in [0.29, 0.717) is 41.5 Å². The molecular formula is C45H39Cl5N8O6. The van der Waals surface area contributed by atoms with E-state index in [2.05, 4.69) is 41.7 Å². The van der Waals surface area contributed by atoms with Gasteiger partial charge in [0.25, 0.3) is 23.6 Å². The minimum atomic E-state index is -1.62. The van der Waals surface area contributed by atoms with Crippen LogP contribution in [-0.2, 0) is 37.9 Å². The zero-order valence-electron chi connectivity index (χ0n) is 34.1. The normalized spacial score (nSPS) is 12.1. The number of rotatable bonds is 19. The third-order valence-electron chi connectivity index (χ3n) is 9.19. The Morgan fingerprint density at radius 1 is 0.531 bits per heavy atom. The number of anilines is 4. The Kier molecular flexibility index (Phi) is 18.1. The molecule has 0 spiro atoms. The van der Waals surface area contributed by atoms with Crippen LogP contribution < -0.4 is 21.3 Å². The van der Waals surface area contributed by atoms with Crippen molar-refractivity contribution in [3.05, 3.63) is 141 Å². The van der Waals surface area contributed by atoms with Crippen LogP contribution in [0.5, 0.6) is 0 Å². The van der Waals surface area contributed by atoms with Crippen molar-refractivity contribution >= 4 is 127 Å². The zero-order chi connectivity index (χ0) is 46.3. The molecule has 0 aliphatic heterocycles. The van der Waals surface area contributed by atoms with Crippen LogP contribution in [0.3, 0.4) is 0 Å². The summed E-state index contributed by atoms with van der Waals surface area (Å²) < 4.78 is 0. The number of hydrogen-bond donors (Lipinski definition) is 4. The van der Waals surface area contributed by atoms with Gasteiger partial charge in [0.2, 0.25) is 12.1 Å². The molecule has 0 heterocycles. The predicted octanol–water partition coefficient (Wildman–Crippen LogP) is 11.2. The van der Waals surface area contributed by atoms with Gasteiger partial charge < -0.3 is 21.3 Å². The number of carbonyl (C=O) groups is 6. The zero-order valence-corrected chi connectivity index (χ0v) is 37.9. The molecule has 5 aromatic rings. The lowest BCUT2D eigenvalue weighted by molar-refractivity contribution is -0.127. The van der Waals surface area contributed by atoms with Crippen molar-refractivity contribution in [3.8, 4) is 0 Å². The van der Waals surface area contributed by atoms with Gasteiger partial charge in [-0.3, -0.25) is 28.8 Å². The second-order valence-electron chi connectivity index (χ2n) is 13.9. The standard InChI is InChI=1S/C45H39Cl5N8O6/c1-25(59)40(57-55-36-13-5-11-33(38(36)49)42(61)51-30-9-3-7-27(21-30)17-19-46)44(63)53-32-15-16-35(29(23-32)24-48)54-45(64)41(26(2)60)58-56-37-14-6-12-34(39(37)50)43(62)52-31-10-4-8-28(22-31)18-20-47/h3-16,21-23,40-41H,17-20,24H2,1-2H3,(H,51,61)(H,52,62)(H,53,63)(H,54,64). The number of benzene rings is 5. The Hall–Kier alpha value is -6.03. The van der Waals surface area contributed by atoms with Crippen molar-refractivity contribution in [3.63, 3.8) is 0 Å². The monoisotopic (exact) mass is 962 g/mol. The molecule has 0 saturated heterocycles. The first-order chi connectivity index (χ1) is 30.7. The second-order valence-corrected chi connectivity index (χ2v) is 15.7. The maximum Gasteiger partial charge on any atom is 0.258 e.